The van der Waals surface area contributed by atoms with Crippen LogP contribution >= 0.6 is 0 Å². The third-order valence-corrected chi connectivity index (χ3v) is 1.80. The Labute approximate surface area is 50.0 Å². The Balaban J connectivity index is 2.73. The monoisotopic (exact) mass is 112 g/mol. The lowest BCUT2D eigenvalue weighted by Gasteiger charge is -2.16. The average molecular weight is 112 g/mol. The first kappa shape index (κ1) is 5.67. The summed E-state index contributed by atoms with van der Waals surface area (Å²) in [6.45, 7) is 4.12. The predicted molar refractivity (Wildman–Crippen MR) is 33.7 cm³/mol. The van der Waals surface area contributed by atoms with Gasteiger partial charge in [0.2, 0.25) is 0 Å². The molecule has 0 amide bonds. The van der Waals surface area contributed by atoms with Crippen LogP contribution in [-0.2, 0) is 0 Å². The molecule has 0 bridgehead atoms. The SMILES string of the molecule is CC1(C)CCC=C1O. The van der Waals surface area contributed by atoms with Crippen molar-refractivity contribution in [3.05, 3.63) is 11.8 Å². The smallest absolute Gasteiger partial charge is 0.0938 e. The second-order valence-electron chi connectivity index (χ2n) is 3.01. The topological polar surface area (TPSA) is 20.2 Å². The molecular weight excluding hydrogens is 100 g/mol. The lowest BCUT2D eigenvalue weighted by molar-refractivity contribution is 0.267. The van der Waals surface area contributed by atoms with Crippen molar-refractivity contribution in [1.82, 2.24) is 0 Å². The minimum absolute atomic E-state index is 0.0694. The maximum Gasteiger partial charge on any atom is 0.0938 e. The van der Waals surface area contributed by atoms with Gasteiger partial charge in [-0.15, -0.1) is 0 Å². The van der Waals surface area contributed by atoms with Crippen LogP contribution in [0, 0.1) is 5.41 Å². The summed E-state index contributed by atoms with van der Waals surface area (Å²) in [5.74, 6) is 0.567. The zero-order chi connectivity index (χ0) is 6.20. The van der Waals surface area contributed by atoms with E-state index < -0.39 is 0 Å². The average Bonchev–Trinajstić information content (AvgIpc) is 1.86. The molecule has 0 aliphatic heterocycles. The zero-order valence-electron chi connectivity index (χ0n) is 5.44. The van der Waals surface area contributed by atoms with E-state index >= 15 is 0 Å². The highest BCUT2D eigenvalue weighted by Gasteiger charge is 2.26. The van der Waals surface area contributed by atoms with Gasteiger partial charge >= 0.3 is 0 Å². The van der Waals surface area contributed by atoms with Crippen LogP contribution < -0.4 is 0 Å². The molecule has 8 heavy (non-hydrogen) atoms. The van der Waals surface area contributed by atoms with Crippen molar-refractivity contribution < 1.29 is 5.11 Å². The fourth-order valence-corrected chi connectivity index (χ4v) is 0.974. The van der Waals surface area contributed by atoms with Gasteiger partial charge < -0.3 is 5.11 Å². The summed E-state index contributed by atoms with van der Waals surface area (Å²) in [6, 6.07) is 0. The minimum Gasteiger partial charge on any atom is -0.512 e. The zero-order valence-corrected chi connectivity index (χ0v) is 5.44. The van der Waals surface area contributed by atoms with E-state index in [1.165, 1.54) is 0 Å². The summed E-state index contributed by atoms with van der Waals surface area (Å²) in [6.07, 6.45) is 4.04. The fraction of sp³-hybridized carbons (Fsp3) is 0.714. The Kier molecular flexibility index (Phi) is 1.07. The highest BCUT2D eigenvalue weighted by molar-refractivity contribution is 5.09. The van der Waals surface area contributed by atoms with Crippen LogP contribution in [0.1, 0.15) is 26.7 Å². The van der Waals surface area contributed by atoms with Crippen molar-refractivity contribution in [2.75, 3.05) is 0 Å². The van der Waals surface area contributed by atoms with Crippen LogP contribution in [0.25, 0.3) is 0 Å². The summed E-state index contributed by atoms with van der Waals surface area (Å²) in [5.41, 5.74) is 0.0694. The molecule has 0 heterocycles. The van der Waals surface area contributed by atoms with Gasteiger partial charge in [0, 0.05) is 5.41 Å². The molecule has 1 rings (SSSR count). The summed E-state index contributed by atoms with van der Waals surface area (Å²) in [5, 5.41) is 9.12. The van der Waals surface area contributed by atoms with Crippen molar-refractivity contribution in [2.45, 2.75) is 26.7 Å². The molecule has 1 aliphatic rings. The molecule has 0 aromatic heterocycles. The van der Waals surface area contributed by atoms with Crippen LogP contribution in [0.5, 0.6) is 0 Å². The van der Waals surface area contributed by atoms with E-state index in [0.29, 0.717) is 5.76 Å². The van der Waals surface area contributed by atoms with Crippen LogP contribution in [0.15, 0.2) is 11.8 Å². The number of allylic oxidation sites excluding steroid dienone is 2. The first-order valence-corrected chi connectivity index (χ1v) is 3.02. The molecule has 0 unspecified atom stereocenters. The van der Waals surface area contributed by atoms with E-state index in [9.17, 15) is 0 Å². The van der Waals surface area contributed by atoms with Gasteiger partial charge in [-0.2, -0.15) is 0 Å². The molecule has 46 valence electrons. The molecule has 1 heteroatoms. The first-order valence-electron chi connectivity index (χ1n) is 3.02. The van der Waals surface area contributed by atoms with Crippen LogP contribution in [0.2, 0.25) is 0 Å². The standard InChI is InChI=1S/C7H12O/c1-7(2)5-3-4-6(7)8/h4,8H,3,5H2,1-2H3. The van der Waals surface area contributed by atoms with Crippen molar-refractivity contribution >= 4 is 0 Å². The van der Waals surface area contributed by atoms with E-state index in [2.05, 4.69) is 13.8 Å². The Morgan fingerprint density at radius 1 is 1.62 bits per heavy atom. The normalized spacial score (nSPS) is 25.5. The van der Waals surface area contributed by atoms with Crippen molar-refractivity contribution in [1.29, 1.82) is 0 Å². The van der Waals surface area contributed by atoms with Gasteiger partial charge in [-0.3, -0.25) is 0 Å². The second-order valence-corrected chi connectivity index (χ2v) is 3.01. The molecule has 0 saturated carbocycles. The second kappa shape index (κ2) is 1.51. The fourth-order valence-electron chi connectivity index (χ4n) is 0.974. The number of hydrogen-bond donors (Lipinski definition) is 1. The maximum atomic E-state index is 9.12. The molecule has 1 N–H and O–H groups in total. The largest absolute Gasteiger partial charge is 0.512 e. The van der Waals surface area contributed by atoms with E-state index in [1.54, 1.807) is 0 Å². The lowest BCUT2D eigenvalue weighted by atomic mass is 9.92. The molecule has 0 fully saturated rings. The van der Waals surface area contributed by atoms with Gasteiger partial charge in [0.05, 0.1) is 5.76 Å². The predicted octanol–water partition coefficient (Wildman–Crippen LogP) is 2.25. The highest BCUT2D eigenvalue weighted by atomic mass is 16.3. The maximum absolute atomic E-state index is 9.12. The lowest BCUT2D eigenvalue weighted by Crippen LogP contribution is -2.08. The highest BCUT2D eigenvalue weighted by Crippen LogP contribution is 2.35. The molecule has 0 aromatic carbocycles. The van der Waals surface area contributed by atoms with Crippen LogP contribution in [-0.4, -0.2) is 5.11 Å². The third kappa shape index (κ3) is 0.726. The minimum atomic E-state index is 0.0694. The van der Waals surface area contributed by atoms with E-state index in [1.807, 2.05) is 6.08 Å². The van der Waals surface area contributed by atoms with Gasteiger partial charge in [0.25, 0.3) is 0 Å². The van der Waals surface area contributed by atoms with Crippen molar-refractivity contribution in [3.8, 4) is 0 Å². The Morgan fingerprint density at radius 3 is 2.38 bits per heavy atom. The summed E-state index contributed by atoms with van der Waals surface area (Å²) in [7, 11) is 0. The van der Waals surface area contributed by atoms with Gasteiger partial charge in [0.1, 0.15) is 0 Å². The number of aliphatic hydroxyl groups is 1. The number of rotatable bonds is 0. The molecule has 0 radical (unpaired) electrons. The van der Waals surface area contributed by atoms with Gasteiger partial charge in [-0.25, -0.2) is 0 Å². The molecule has 1 nitrogen and oxygen atoms in total. The molecule has 0 aromatic rings. The van der Waals surface area contributed by atoms with Gasteiger partial charge in [0.15, 0.2) is 0 Å². The molecular formula is C7H12O. The molecule has 0 spiro atoms. The van der Waals surface area contributed by atoms with E-state index in [-0.39, 0.29) is 5.41 Å². The Morgan fingerprint density at radius 2 is 2.25 bits per heavy atom. The summed E-state index contributed by atoms with van der Waals surface area (Å²) < 4.78 is 0. The Hall–Kier alpha value is -0.460. The van der Waals surface area contributed by atoms with Gasteiger partial charge in [-0.05, 0) is 18.9 Å². The third-order valence-electron chi connectivity index (χ3n) is 1.80. The molecule has 0 saturated heterocycles. The quantitative estimate of drug-likeness (QED) is 0.509. The number of aliphatic hydroxyl groups excluding tert-OH is 1. The number of hydrogen-bond acceptors (Lipinski definition) is 1. The van der Waals surface area contributed by atoms with Crippen molar-refractivity contribution in [3.63, 3.8) is 0 Å². The summed E-state index contributed by atoms with van der Waals surface area (Å²) in [4.78, 5) is 0. The van der Waals surface area contributed by atoms with E-state index in [0.717, 1.165) is 12.8 Å². The van der Waals surface area contributed by atoms with E-state index in [4.69, 9.17) is 5.11 Å². The van der Waals surface area contributed by atoms with Crippen LogP contribution in [0.3, 0.4) is 0 Å². The van der Waals surface area contributed by atoms with Crippen LogP contribution in [0.4, 0.5) is 0 Å². The Bertz CT molecular complexity index is 122. The molecule has 1 aliphatic carbocycles. The molecule has 0 atom stereocenters. The summed E-state index contributed by atoms with van der Waals surface area (Å²) >= 11 is 0. The van der Waals surface area contributed by atoms with Crippen molar-refractivity contribution in [2.24, 2.45) is 5.41 Å². The van der Waals surface area contributed by atoms with Gasteiger partial charge in [-0.1, -0.05) is 13.8 Å². The first-order chi connectivity index (χ1) is 3.63.